The van der Waals surface area contributed by atoms with Crippen molar-refractivity contribution in [3.8, 4) is 0 Å². The Balaban J connectivity index is 1.25. The lowest BCUT2D eigenvalue weighted by Gasteiger charge is -2.14. The molecule has 1 unspecified atom stereocenters. The molecule has 0 saturated heterocycles. The molecule has 7 heteroatoms. The molecule has 4 aromatic carbocycles. The van der Waals surface area contributed by atoms with Crippen LogP contribution < -0.4 is 16.0 Å². The Kier molecular flexibility index (Phi) is 7.44. The highest BCUT2D eigenvalue weighted by Gasteiger charge is 2.16. The summed E-state index contributed by atoms with van der Waals surface area (Å²) >= 11 is 6.95. The van der Waals surface area contributed by atoms with E-state index >= 15 is 0 Å². The number of thioether (sulfide) groups is 1. The molecule has 0 aliphatic carbocycles. The van der Waals surface area contributed by atoms with Crippen LogP contribution in [0.2, 0.25) is 0 Å². The van der Waals surface area contributed by atoms with Gasteiger partial charge in [0.1, 0.15) is 0 Å². The standard InChI is InChI=1S/C30H28N4OS2/c1-3-34-27-15-8-7-14-25(27)26-19-23(16-17-28(26)34)31-29(35)20(2)37-24-13-9-12-22(18-24)33-30(36)32-21-10-5-4-6-11-21/h4-20H,3H2,1-2H3,(H,31,35)(H2,32,33,36). The minimum absolute atomic E-state index is 0.0387. The van der Waals surface area contributed by atoms with Gasteiger partial charge in [-0.05, 0) is 80.7 Å². The highest BCUT2D eigenvalue weighted by atomic mass is 32.2. The zero-order valence-corrected chi connectivity index (χ0v) is 22.3. The number of fused-ring (bicyclic) bond motifs is 3. The first-order chi connectivity index (χ1) is 18.0. The fourth-order valence-electron chi connectivity index (χ4n) is 4.44. The number of amides is 1. The summed E-state index contributed by atoms with van der Waals surface area (Å²) in [7, 11) is 0. The number of rotatable bonds is 7. The van der Waals surface area contributed by atoms with Gasteiger partial charge in [-0.3, -0.25) is 4.79 Å². The van der Waals surface area contributed by atoms with Gasteiger partial charge in [0.05, 0.1) is 5.25 Å². The first kappa shape index (κ1) is 24.9. The fourth-order valence-corrected chi connectivity index (χ4v) is 5.60. The normalized spacial score (nSPS) is 11.8. The molecule has 1 aromatic heterocycles. The van der Waals surface area contributed by atoms with Gasteiger partial charge in [0.2, 0.25) is 5.91 Å². The van der Waals surface area contributed by atoms with Crippen molar-refractivity contribution in [3.63, 3.8) is 0 Å². The third-order valence-corrected chi connectivity index (χ3v) is 7.46. The number of carbonyl (C=O) groups excluding carboxylic acids is 1. The second-order valence-electron chi connectivity index (χ2n) is 8.72. The van der Waals surface area contributed by atoms with Gasteiger partial charge in [0.25, 0.3) is 0 Å². The smallest absolute Gasteiger partial charge is 0.237 e. The van der Waals surface area contributed by atoms with Crippen LogP contribution in [0.4, 0.5) is 17.1 Å². The third-order valence-electron chi connectivity index (χ3n) is 6.16. The van der Waals surface area contributed by atoms with E-state index in [-0.39, 0.29) is 11.2 Å². The first-order valence-electron chi connectivity index (χ1n) is 12.2. The molecule has 5 rings (SSSR count). The van der Waals surface area contributed by atoms with Gasteiger partial charge in [-0.25, -0.2) is 0 Å². The maximum absolute atomic E-state index is 13.1. The van der Waals surface area contributed by atoms with E-state index in [2.05, 4.69) is 63.8 Å². The van der Waals surface area contributed by atoms with E-state index in [1.165, 1.54) is 28.2 Å². The molecule has 1 heterocycles. The Morgan fingerprint density at radius 2 is 1.46 bits per heavy atom. The SMILES string of the molecule is CCn1c2ccccc2c2cc(NC(=O)C(C)Sc3cccc(NC(=S)Nc4ccccc4)c3)ccc21. The fraction of sp³-hybridized carbons (Fsp3) is 0.133. The summed E-state index contributed by atoms with van der Waals surface area (Å²) in [6.45, 7) is 4.96. The van der Waals surface area contributed by atoms with Crippen molar-refractivity contribution in [3.05, 3.63) is 97.1 Å². The molecular weight excluding hydrogens is 496 g/mol. The van der Waals surface area contributed by atoms with Crippen LogP contribution >= 0.6 is 24.0 Å². The Bertz CT molecular complexity index is 1580. The summed E-state index contributed by atoms with van der Waals surface area (Å²) in [5.41, 5.74) is 4.97. The van der Waals surface area contributed by atoms with Crippen LogP contribution in [-0.4, -0.2) is 20.8 Å². The van der Waals surface area contributed by atoms with Crippen LogP contribution in [0.25, 0.3) is 21.8 Å². The topological polar surface area (TPSA) is 58.1 Å². The minimum Gasteiger partial charge on any atom is -0.341 e. The highest BCUT2D eigenvalue weighted by Crippen LogP contribution is 2.32. The number of nitrogens with one attached hydrogen (secondary N) is 3. The van der Waals surface area contributed by atoms with Crippen molar-refractivity contribution in [2.45, 2.75) is 30.5 Å². The lowest BCUT2D eigenvalue weighted by atomic mass is 10.1. The molecule has 0 radical (unpaired) electrons. The maximum atomic E-state index is 13.1. The second-order valence-corrected chi connectivity index (χ2v) is 10.5. The van der Waals surface area contributed by atoms with Gasteiger partial charge in [-0.2, -0.15) is 0 Å². The number of carbonyl (C=O) groups is 1. The molecule has 1 amide bonds. The summed E-state index contributed by atoms with van der Waals surface area (Å²) < 4.78 is 2.30. The van der Waals surface area contributed by atoms with Crippen molar-refractivity contribution in [2.24, 2.45) is 0 Å². The van der Waals surface area contributed by atoms with Crippen molar-refractivity contribution in [2.75, 3.05) is 16.0 Å². The number of benzene rings is 4. The summed E-state index contributed by atoms with van der Waals surface area (Å²) in [6.07, 6.45) is 0. The van der Waals surface area contributed by atoms with E-state index in [0.717, 1.165) is 33.9 Å². The molecule has 0 aliphatic rings. The number of hydrogen-bond acceptors (Lipinski definition) is 3. The van der Waals surface area contributed by atoms with Crippen LogP contribution in [0.1, 0.15) is 13.8 Å². The molecule has 5 nitrogen and oxygen atoms in total. The van der Waals surface area contributed by atoms with E-state index in [4.69, 9.17) is 12.2 Å². The molecular formula is C30H28N4OS2. The highest BCUT2D eigenvalue weighted by molar-refractivity contribution is 8.00. The van der Waals surface area contributed by atoms with Gasteiger partial charge < -0.3 is 20.5 Å². The Hall–Kier alpha value is -3.81. The van der Waals surface area contributed by atoms with Crippen molar-refractivity contribution in [1.29, 1.82) is 0 Å². The molecule has 0 bridgehead atoms. The van der Waals surface area contributed by atoms with E-state index < -0.39 is 0 Å². The average molecular weight is 525 g/mol. The van der Waals surface area contributed by atoms with Crippen molar-refractivity contribution >= 4 is 73.9 Å². The Morgan fingerprint density at radius 3 is 2.27 bits per heavy atom. The predicted octanol–water partition coefficient (Wildman–Crippen LogP) is 7.74. The van der Waals surface area contributed by atoms with Crippen LogP contribution in [0, 0.1) is 0 Å². The second kappa shape index (κ2) is 11.1. The number of hydrogen-bond donors (Lipinski definition) is 3. The molecule has 0 saturated carbocycles. The van der Waals surface area contributed by atoms with E-state index in [1.807, 2.05) is 67.6 Å². The summed E-state index contributed by atoms with van der Waals surface area (Å²) in [6, 6.07) is 32.2. The average Bonchev–Trinajstić information content (AvgIpc) is 3.22. The molecule has 186 valence electrons. The molecule has 0 fully saturated rings. The quantitative estimate of drug-likeness (QED) is 0.150. The van der Waals surface area contributed by atoms with Crippen molar-refractivity contribution in [1.82, 2.24) is 4.57 Å². The molecule has 5 aromatic rings. The van der Waals surface area contributed by atoms with E-state index in [9.17, 15) is 4.79 Å². The van der Waals surface area contributed by atoms with Crippen LogP contribution in [0.3, 0.4) is 0 Å². The molecule has 0 spiro atoms. The lowest BCUT2D eigenvalue weighted by Crippen LogP contribution is -2.22. The molecule has 3 N–H and O–H groups in total. The van der Waals surface area contributed by atoms with Crippen LogP contribution in [0.5, 0.6) is 0 Å². The zero-order valence-electron chi connectivity index (χ0n) is 20.7. The van der Waals surface area contributed by atoms with Gasteiger partial charge in [-0.1, -0.05) is 42.5 Å². The molecule has 0 aliphatic heterocycles. The van der Waals surface area contributed by atoms with Gasteiger partial charge in [0.15, 0.2) is 5.11 Å². The van der Waals surface area contributed by atoms with Crippen molar-refractivity contribution < 1.29 is 4.79 Å². The largest absolute Gasteiger partial charge is 0.341 e. The number of anilines is 3. The van der Waals surface area contributed by atoms with Gasteiger partial charge in [0, 0.05) is 50.3 Å². The number of aromatic nitrogens is 1. The Morgan fingerprint density at radius 1 is 0.784 bits per heavy atom. The summed E-state index contributed by atoms with van der Waals surface area (Å²) in [5.74, 6) is -0.0387. The number of para-hydroxylation sites is 2. The molecule has 1 atom stereocenters. The summed E-state index contributed by atoms with van der Waals surface area (Å²) in [4.78, 5) is 14.0. The third kappa shape index (κ3) is 5.63. The van der Waals surface area contributed by atoms with Crippen LogP contribution in [0.15, 0.2) is 102 Å². The van der Waals surface area contributed by atoms with Crippen LogP contribution in [-0.2, 0) is 11.3 Å². The van der Waals surface area contributed by atoms with Gasteiger partial charge >= 0.3 is 0 Å². The minimum atomic E-state index is -0.280. The van der Waals surface area contributed by atoms with Gasteiger partial charge in [-0.15, -0.1) is 11.8 Å². The maximum Gasteiger partial charge on any atom is 0.237 e. The van der Waals surface area contributed by atoms with E-state index in [1.54, 1.807) is 0 Å². The lowest BCUT2D eigenvalue weighted by molar-refractivity contribution is -0.115. The number of thiocarbonyl (C=S) groups is 1. The first-order valence-corrected chi connectivity index (χ1v) is 13.5. The van der Waals surface area contributed by atoms with E-state index in [0.29, 0.717) is 5.11 Å². The summed E-state index contributed by atoms with van der Waals surface area (Å²) in [5, 5.41) is 12.1. The number of aryl methyl sites for hydroxylation is 1. The zero-order chi connectivity index (χ0) is 25.8. The Labute approximate surface area is 226 Å². The monoisotopic (exact) mass is 524 g/mol. The number of nitrogens with zero attached hydrogens (tertiary/aromatic N) is 1. The molecule has 37 heavy (non-hydrogen) atoms. The predicted molar refractivity (Wildman–Crippen MR) is 162 cm³/mol.